The Labute approximate surface area is 88.8 Å². The summed E-state index contributed by atoms with van der Waals surface area (Å²) in [5.41, 5.74) is 1.32. The summed E-state index contributed by atoms with van der Waals surface area (Å²) in [4.78, 5) is 2.31. The molecule has 14 heavy (non-hydrogen) atoms. The molecule has 0 saturated heterocycles. The number of nitrogens with zero attached hydrogens (tertiary/aromatic N) is 1. The molecule has 0 N–H and O–H groups in total. The van der Waals surface area contributed by atoms with Crippen molar-refractivity contribution in [3.8, 4) is 0 Å². The molecule has 0 bridgehead atoms. The van der Waals surface area contributed by atoms with Gasteiger partial charge in [-0.25, -0.2) is 0 Å². The molecule has 0 spiro atoms. The Morgan fingerprint density at radius 3 is 1.86 bits per heavy atom. The third-order valence-electron chi connectivity index (χ3n) is 2.09. The van der Waals surface area contributed by atoms with Crippen LogP contribution >= 0.6 is 0 Å². The molecule has 0 fully saturated rings. The smallest absolute Gasteiger partial charge is 0.00245 e. The molecule has 0 aliphatic heterocycles. The van der Waals surface area contributed by atoms with Crippen molar-refractivity contribution in [2.75, 3.05) is 20.1 Å². The standard InChI is InChI=1S/C7H8.C6H15N/c1-7-5-3-2-4-6-7;1-4-6-7(3)5-2/h2-6H,1H3;4-6H2,1-3H3. The maximum atomic E-state index is 2.31. The number of hydrogen-bond acceptors (Lipinski definition) is 1. The van der Waals surface area contributed by atoms with Crippen LogP contribution in [0.1, 0.15) is 25.8 Å². The van der Waals surface area contributed by atoms with Crippen molar-refractivity contribution in [1.82, 2.24) is 4.90 Å². The molecule has 0 amide bonds. The Bertz CT molecular complexity index is 206. The van der Waals surface area contributed by atoms with E-state index in [0.29, 0.717) is 0 Å². The molecule has 0 radical (unpaired) electrons. The summed E-state index contributed by atoms with van der Waals surface area (Å²) >= 11 is 0. The van der Waals surface area contributed by atoms with Gasteiger partial charge in [0.05, 0.1) is 0 Å². The minimum atomic E-state index is 1.17. The van der Waals surface area contributed by atoms with E-state index in [-0.39, 0.29) is 0 Å². The Hall–Kier alpha value is -0.820. The molecule has 0 atom stereocenters. The molecule has 1 heteroatoms. The first-order chi connectivity index (χ1) is 6.70. The van der Waals surface area contributed by atoms with Gasteiger partial charge in [-0.2, -0.15) is 0 Å². The average Bonchev–Trinajstić information content (AvgIpc) is 2.20. The van der Waals surface area contributed by atoms with E-state index in [4.69, 9.17) is 0 Å². The minimum Gasteiger partial charge on any atom is -0.307 e. The van der Waals surface area contributed by atoms with Crippen LogP contribution in [0.5, 0.6) is 0 Å². The number of benzene rings is 1. The Morgan fingerprint density at radius 1 is 1.07 bits per heavy atom. The molecule has 1 aromatic carbocycles. The third-order valence-corrected chi connectivity index (χ3v) is 2.09. The van der Waals surface area contributed by atoms with E-state index in [1.54, 1.807) is 0 Å². The molecule has 1 aromatic rings. The lowest BCUT2D eigenvalue weighted by Gasteiger charge is -2.10. The zero-order valence-electron chi connectivity index (χ0n) is 9.96. The Morgan fingerprint density at radius 2 is 1.64 bits per heavy atom. The number of hydrogen-bond donors (Lipinski definition) is 0. The lowest BCUT2D eigenvalue weighted by molar-refractivity contribution is 0.353. The molecular formula is C13H23N. The quantitative estimate of drug-likeness (QED) is 0.711. The molecule has 0 aliphatic carbocycles. The summed E-state index contributed by atoms with van der Waals surface area (Å²) in [6.07, 6.45) is 1.27. The Kier molecular flexibility index (Phi) is 8.25. The summed E-state index contributed by atoms with van der Waals surface area (Å²) in [6.45, 7) is 8.87. The van der Waals surface area contributed by atoms with Crippen LogP contribution in [-0.2, 0) is 0 Å². The summed E-state index contributed by atoms with van der Waals surface area (Å²) in [7, 11) is 2.14. The van der Waals surface area contributed by atoms with E-state index in [0.717, 1.165) is 0 Å². The summed E-state index contributed by atoms with van der Waals surface area (Å²) in [5.74, 6) is 0. The van der Waals surface area contributed by atoms with Gasteiger partial charge in [-0.15, -0.1) is 0 Å². The summed E-state index contributed by atoms with van der Waals surface area (Å²) in [6, 6.07) is 10.3. The highest BCUT2D eigenvalue weighted by Crippen LogP contribution is 1.92. The normalized spacial score (nSPS) is 9.50. The van der Waals surface area contributed by atoms with Crippen LogP contribution in [0.2, 0.25) is 0 Å². The fourth-order valence-electron chi connectivity index (χ4n) is 1.07. The third kappa shape index (κ3) is 7.81. The van der Waals surface area contributed by atoms with E-state index in [9.17, 15) is 0 Å². The van der Waals surface area contributed by atoms with Crippen molar-refractivity contribution in [3.05, 3.63) is 35.9 Å². The molecular weight excluding hydrogens is 170 g/mol. The molecule has 0 saturated carbocycles. The van der Waals surface area contributed by atoms with Crippen molar-refractivity contribution >= 4 is 0 Å². The molecule has 80 valence electrons. The van der Waals surface area contributed by atoms with Gasteiger partial charge in [0.2, 0.25) is 0 Å². The molecule has 0 unspecified atom stereocenters. The SMILES string of the molecule is CCCN(C)CC.Cc1ccccc1. The lowest BCUT2D eigenvalue weighted by Crippen LogP contribution is -2.17. The largest absolute Gasteiger partial charge is 0.307 e. The van der Waals surface area contributed by atoms with Gasteiger partial charge in [0.15, 0.2) is 0 Å². The van der Waals surface area contributed by atoms with Crippen LogP contribution in [0.3, 0.4) is 0 Å². The van der Waals surface area contributed by atoms with Gasteiger partial charge >= 0.3 is 0 Å². The topological polar surface area (TPSA) is 3.24 Å². The van der Waals surface area contributed by atoms with Crippen molar-refractivity contribution in [2.24, 2.45) is 0 Å². The fourth-order valence-corrected chi connectivity index (χ4v) is 1.07. The molecule has 0 aliphatic rings. The maximum Gasteiger partial charge on any atom is -0.00245 e. The van der Waals surface area contributed by atoms with Gasteiger partial charge in [0, 0.05) is 0 Å². The van der Waals surface area contributed by atoms with Gasteiger partial charge in [0.25, 0.3) is 0 Å². The van der Waals surface area contributed by atoms with Crippen LogP contribution in [0, 0.1) is 6.92 Å². The zero-order chi connectivity index (χ0) is 10.8. The van der Waals surface area contributed by atoms with E-state index in [2.05, 4.69) is 44.9 Å². The first kappa shape index (κ1) is 13.2. The second-order valence-electron chi connectivity index (χ2n) is 3.55. The van der Waals surface area contributed by atoms with Crippen LogP contribution in [0.4, 0.5) is 0 Å². The van der Waals surface area contributed by atoms with Crippen LogP contribution in [0.25, 0.3) is 0 Å². The molecule has 1 rings (SSSR count). The zero-order valence-corrected chi connectivity index (χ0v) is 9.96. The lowest BCUT2D eigenvalue weighted by atomic mass is 10.2. The highest BCUT2D eigenvalue weighted by molar-refractivity contribution is 5.11. The number of rotatable bonds is 3. The minimum absolute atomic E-state index is 1.17. The predicted molar refractivity (Wildman–Crippen MR) is 64.6 cm³/mol. The highest BCUT2D eigenvalue weighted by atomic mass is 15.1. The van der Waals surface area contributed by atoms with Gasteiger partial charge < -0.3 is 4.90 Å². The van der Waals surface area contributed by atoms with E-state index < -0.39 is 0 Å². The highest BCUT2D eigenvalue weighted by Gasteiger charge is 1.86. The summed E-state index contributed by atoms with van der Waals surface area (Å²) < 4.78 is 0. The second kappa shape index (κ2) is 8.76. The number of aryl methyl sites for hydroxylation is 1. The average molecular weight is 193 g/mol. The summed E-state index contributed by atoms with van der Waals surface area (Å²) in [5, 5.41) is 0. The van der Waals surface area contributed by atoms with E-state index >= 15 is 0 Å². The van der Waals surface area contributed by atoms with Crippen LogP contribution in [0.15, 0.2) is 30.3 Å². The first-order valence-corrected chi connectivity index (χ1v) is 5.40. The van der Waals surface area contributed by atoms with Crippen LogP contribution in [-0.4, -0.2) is 25.0 Å². The van der Waals surface area contributed by atoms with Gasteiger partial charge in [-0.05, 0) is 33.5 Å². The van der Waals surface area contributed by atoms with Crippen molar-refractivity contribution in [3.63, 3.8) is 0 Å². The second-order valence-corrected chi connectivity index (χ2v) is 3.55. The fraction of sp³-hybridized carbons (Fsp3) is 0.538. The predicted octanol–water partition coefficient (Wildman–Crippen LogP) is 3.34. The molecule has 0 heterocycles. The Balaban J connectivity index is 0.000000241. The van der Waals surface area contributed by atoms with Crippen molar-refractivity contribution < 1.29 is 0 Å². The molecule has 1 nitrogen and oxygen atoms in total. The van der Waals surface area contributed by atoms with E-state index in [1.807, 2.05) is 18.2 Å². The van der Waals surface area contributed by atoms with Crippen LogP contribution < -0.4 is 0 Å². The molecule has 0 aromatic heterocycles. The van der Waals surface area contributed by atoms with Crippen molar-refractivity contribution in [1.29, 1.82) is 0 Å². The van der Waals surface area contributed by atoms with E-state index in [1.165, 1.54) is 25.1 Å². The van der Waals surface area contributed by atoms with Crippen molar-refractivity contribution in [2.45, 2.75) is 27.2 Å². The monoisotopic (exact) mass is 193 g/mol. The first-order valence-electron chi connectivity index (χ1n) is 5.40. The van der Waals surface area contributed by atoms with Gasteiger partial charge in [-0.1, -0.05) is 49.7 Å². The maximum absolute atomic E-state index is 2.31. The van der Waals surface area contributed by atoms with Gasteiger partial charge in [0.1, 0.15) is 0 Å². The van der Waals surface area contributed by atoms with Gasteiger partial charge in [-0.3, -0.25) is 0 Å².